The molecule has 0 saturated heterocycles. The lowest BCUT2D eigenvalue weighted by molar-refractivity contribution is -0.123. The van der Waals surface area contributed by atoms with Crippen molar-refractivity contribution >= 4 is 29.8 Å². The molecule has 2 amide bonds. The molecule has 2 aliphatic rings. The molecule has 0 saturated carbocycles. The molecule has 1 atom stereocenters. The van der Waals surface area contributed by atoms with Crippen LogP contribution in [-0.4, -0.2) is 29.8 Å². The smallest absolute Gasteiger partial charge is 0.284 e. The lowest BCUT2D eigenvalue weighted by Gasteiger charge is -2.15. The van der Waals surface area contributed by atoms with E-state index in [0.717, 1.165) is 25.7 Å². The Morgan fingerprint density at radius 2 is 2.15 bits per heavy atom. The van der Waals surface area contributed by atoms with Gasteiger partial charge >= 0.3 is 0 Å². The number of amidine groups is 1. The summed E-state index contributed by atoms with van der Waals surface area (Å²) in [6.07, 6.45) is 6.71. The summed E-state index contributed by atoms with van der Waals surface area (Å²) < 4.78 is 0. The predicted molar refractivity (Wildman–Crippen MR) is 77.9 cm³/mol. The van der Waals surface area contributed by atoms with Gasteiger partial charge in [0.2, 0.25) is 11.9 Å². The molecular formula is C14H18N4O2. The highest BCUT2D eigenvalue weighted by molar-refractivity contribution is 6.33. The summed E-state index contributed by atoms with van der Waals surface area (Å²) in [5, 5.41) is 2.62. The van der Waals surface area contributed by atoms with Gasteiger partial charge in [0.05, 0.1) is 5.57 Å². The monoisotopic (exact) mass is 274 g/mol. The van der Waals surface area contributed by atoms with Crippen molar-refractivity contribution in [3.8, 4) is 0 Å². The number of hydrogen-bond acceptors (Lipinski definition) is 4. The fourth-order valence-electron chi connectivity index (χ4n) is 2.10. The lowest BCUT2D eigenvalue weighted by Crippen LogP contribution is -2.37. The second kappa shape index (κ2) is 6.36. The van der Waals surface area contributed by atoms with Gasteiger partial charge < -0.3 is 0 Å². The maximum absolute atomic E-state index is 12.1. The number of unbranched alkanes of at least 4 members (excludes halogenated alkanes) is 1. The summed E-state index contributed by atoms with van der Waals surface area (Å²) in [5.41, 5.74) is 0.376. The van der Waals surface area contributed by atoms with E-state index >= 15 is 0 Å². The van der Waals surface area contributed by atoms with Gasteiger partial charge in [-0.05, 0) is 18.9 Å². The highest BCUT2D eigenvalue weighted by Gasteiger charge is 2.25. The van der Waals surface area contributed by atoms with Crippen molar-refractivity contribution in [1.29, 1.82) is 0 Å². The molecular weight excluding hydrogens is 256 g/mol. The van der Waals surface area contributed by atoms with Crippen molar-refractivity contribution in [3.63, 3.8) is 0 Å². The number of amides is 2. The van der Waals surface area contributed by atoms with Crippen LogP contribution in [-0.2, 0) is 9.59 Å². The van der Waals surface area contributed by atoms with E-state index in [-0.39, 0.29) is 17.8 Å². The van der Waals surface area contributed by atoms with E-state index in [1.54, 1.807) is 6.08 Å². The number of nitrogens with one attached hydrogen (secondary N) is 1. The summed E-state index contributed by atoms with van der Waals surface area (Å²) in [5.74, 6) is -0.254. The van der Waals surface area contributed by atoms with Crippen LogP contribution in [0.2, 0.25) is 0 Å². The Morgan fingerprint density at radius 3 is 2.85 bits per heavy atom. The van der Waals surface area contributed by atoms with Crippen molar-refractivity contribution in [1.82, 2.24) is 5.32 Å². The van der Waals surface area contributed by atoms with E-state index in [4.69, 9.17) is 0 Å². The van der Waals surface area contributed by atoms with E-state index in [1.807, 2.05) is 6.92 Å². The van der Waals surface area contributed by atoms with Gasteiger partial charge in [0, 0.05) is 12.1 Å². The van der Waals surface area contributed by atoms with Gasteiger partial charge in [-0.15, -0.1) is 0 Å². The molecule has 6 heteroatoms. The molecule has 0 aromatic heterocycles. The first-order chi connectivity index (χ1) is 9.65. The average molecular weight is 274 g/mol. The van der Waals surface area contributed by atoms with Crippen molar-refractivity contribution < 1.29 is 9.59 Å². The molecule has 1 N–H and O–H groups in total. The molecule has 0 bridgehead atoms. The highest BCUT2D eigenvalue weighted by Crippen LogP contribution is 2.15. The van der Waals surface area contributed by atoms with Gasteiger partial charge in [0.1, 0.15) is 0 Å². The van der Waals surface area contributed by atoms with Crippen LogP contribution in [0.15, 0.2) is 26.6 Å². The minimum Gasteiger partial charge on any atom is -0.294 e. The Balaban J connectivity index is 2.03. The number of carbonyl (C=O) groups excluding carboxylic acids is 2. The molecule has 0 spiro atoms. The van der Waals surface area contributed by atoms with E-state index in [1.165, 1.54) is 6.21 Å². The van der Waals surface area contributed by atoms with Gasteiger partial charge in [-0.2, -0.15) is 9.98 Å². The maximum atomic E-state index is 12.1. The molecule has 1 unspecified atom stereocenters. The molecule has 2 aliphatic heterocycles. The van der Waals surface area contributed by atoms with Crippen LogP contribution < -0.4 is 5.32 Å². The van der Waals surface area contributed by atoms with Crippen LogP contribution in [0.3, 0.4) is 0 Å². The third kappa shape index (κ3) is 3.07. The Labute approximate surface area is 117 Å². The van der Waals surface area contributed by atoms with E-state index in [2.05, 4.69) is 27.2 Å². The molecule has 2 rings (SSSR count). The number of hydrogen-bond donors (Lipinski definition) is 1. The van der Waals surface area contributed by atoms with Gasteiger partial charge in [-0.25, -0.2) is 4.99 Å². The van der Waals surface area contributed by atoms with Gasteiger partial charge in [-0.1, -0.05) is 26.7 Å². The largest absolute Gasteiger partial charge is 0.294 e. The van der Waals surface area contributed by atoms with Gasteiger partial charge in [0.25, 0.3) is 5.91 Å². The molecule has 20 heavy (non-hydrogen) atoms. The topological polar surface area (TPSA) is 83.2 Å². The highest BCUT2D eigenvalue weighted by atomic mass is 16.2. The van der Waals surface area contributed by atoms with Crippen LogP contribution >= 0.6 is 0 Å². The summed E-state index contributed by atoms with van der Waals surface area (Å²) >= 11 is 0. The molecule has 6 nitrogen and oxygen atoms in total. The third-order valence-corrected chi connectivity index (χ3v) is 3.33. The Hall–Kier alpha value is -2.11. The quantitative estimate of drug-likeness (QED) is 0.826. The zero-order valence-corrected chi connectivity index (χ0v) is 11.7. The van der Waals surface area contributed by atoms with Crippen molar-refractivity contribution in [2.24, 2.45) is 20.9 Å². The van der Waals surface area contributed by atoms with E-state index in [0.29, 0.717) is 11.4 Å². The zero-order valence-electron chi connectivity index (χ0n) is 11.7. The van der Waals surface area contributed by atoms with Crippen LogP contribution in [0.5, 0.6) is 0 Å². The number of carbonyl (C=O) groups is 2. The molecule has 0 aliphatic carbocycles. The second-order valence-corrected chi connectivity index (χ2v) is 4.77. The van der Waals surface area contributed by atoms with Crippen LogP contribution in [0, 0.1) is 5.92 Å². The van der Waals surface area contributed by atoms with Crippen LogP contribution in [0.1, 0.15) is 39.5 Å². The Kier molecular flexibility index (Phi) is 4.55. The number of allylic oxidation sites excluding steroid dienone is 1. The van der Waals surface area contributed by atoms with Crippen molar-refractivity contribution in [2.45, 2.75) is 39.5 Å². The zero-order chi connectivity index (χ0) is 14.5. The normalized spacial score (nSPS) is 18.1. The SMILES string of the molecule is CCCCC(CC)C(=O)NC1=NC(=O)C2=CC=NC2=N1. The molecule has 0 aromatic rings. The summed E-state index contributed by atoms with van der Waals surface area (Å²) in [6.45, 7) is 4.06. The molecule has 106 valence electrons. The lowest BCUT2D eigenvalue weighted by atomic mass is 9.98. The first-order valence-electron chi connectivity index (χ1n) is 6.93. The molecule has 0 aromatic carbocycles. The fourth-order valence-corrected chi connectivity index (χ4v) is 2.10. The molecule has 2 heterocycles. The molecule has 0 fully saturated rings. The number of guanidine groups is 1. The molecule has 0 radical (unpaired) electrons. The predicted octanol–water partition coefficient (Wildman–Crippen LogP) is 1.62. The minimum atomic E-state index is -0.413. The minimum absolute atomic E-state index is 0.0427. The standard InChI is InChI=1S/C14H18N4O2/c1-3-5-6-9(4-2)12(19)17-14-16-11-10(7-8-15-11)13(20)18-14/h7-9H,3-6H2,1-2H3,(H,17,18,19,20). The van der Waals surface area contributed by atoms with E-state index in [9.17, 15) is 9.59 Å². The van der Waals surface area contributed by atoms with Crippen LogP contribution in [0.25, 0.3) is 0 Å². The fraction of sp³-hybridized carbons (Fsp3) is 0.500. The summed E-state index contributed by atoms with van der Waals surface area (Å²) in [6, 6.07) is 0. The Bertz CT molecular complexity index is 543. The number of rotatable bonds is 5. The average Bonchev–Trinajstić information content (AvgIpc) is 2.88. The first kappa shape index (κ1) is 14.3. The summed E-state index contributed by atoms with van der Waals surface area (Å²) in [4.78, 5) is 35.6. The maximum Gasteiger partial charge on any atom is 0.284 e. The summed E-state index contributed by atoms with van der Waals surface area (Å²) in [7, 11) is 0. The van der Waals surface area contributed by atoms with Crippen LogP contribution in [0.4, 0.5) is 0 Å². The number of fused-ring (bicyclic) bond motifs is 1. The number of nitrogens with zero attached hydrogens (tertiary/aromatic N) is 3. The van der Waals surface area contributed by atoms with Gasteiger partial charge in [0.15, 0.2) is 5.84 Å². The second-order valence-electron chi connectivity index (χ2n) is 4.77. The third-order valence-electron chi connectivity index (χ3n) is 3.33. The number of aliphatic imine (C=N–C) groups is 3. The first-order valence-corrected chi connectivity index (χ1v) is 6.93. The van der Waals surface area contributed by atoms with Crippen molar-refractivity contribution in [3.05, 3.63) is 11.6 Å². The van der Waals surface area contributed by atoms with Crippen molar-refractivity contribution in [2.75, 3.05) is 0 Å². The van der Waals surface area contributed by atoms with Gasteiger partial charge in [-0.3, -0.25) is 14.9 Å². The Morgan fingerprint density at radius 1 is 1.35 bits per heavy atom. The van der Waals surface area contributed by atoms with E-state index < -0.39 is 5.91 Å².